The lowest BCUT2D eigenvalue weighted by molar-refractivity contribution is -0.132. The van der Waals surface area contributed by atoms with Crippen molar-refractivity contribution in [3.05, 3.63) is 69.7 Å². The van der Waals surface area contributed by atoms with Gasteiger partial charge in [-0.1, -0.05) is 24.3 Å². The fraction of sp³-hybridized carbons (Fsp3) is 0.409. The summed E-state index contributed by atoms with van der Waals surface area (Å²) in [6, 6.07) is 8.49. The molecule has 1 amide bonds. The molecule has 2 aromatic heterocycles. The molecule has 0 saturated heterocycles. The zero-order valence-electron chi connectivity index (χ0n) is 16.0. The van der Waals surface area contributed by atoms with Gasteiger partial charge in [0.05, 0.1) is 23.2 Å². The third-order valence-electron chi connectivity index (χ3n) is 5.77. The van der Waals surface area contributed by atoms with Gasteiger partial charge in [0.15, 0.2) is 0 Å². The lowest BCUT2D eigenvalue weighted by Crippen LogP contribution is -2.39. The van der Waals surface area contributed by atoms with Crippen molar-refractivity contribution in [3.8, 4) is 0 Å². The number of amides is 1. The van der Waals surface area contributed by atoms with Gasteiger partial charge in [-0.25, -0.2) is 9.97 Å². The SMILES string of the molecule is Cc1nc(Cn2ccnc2C2CN(C(=O)CC3CC3)Cc3ccccc32)cs1. The maximum Gasteiger partial charge on any atom is 0.223 e. The number of thiazole rings is 1. The van der Waals surface area contributed by atoms with E-state index in [-0.39, 0.29) is 11.8 Å². The Bertz CT molecular complexity index is 1000. The molecule has 1 aliphatic heterocycles. The lowest BCUT2D eigenvalue weighted by Gasteiger charge is -2.34. The van der Waals surface area contributed by atoms with Gasteiger partial charge < -0.3 is 9.47 Å². The first-order chi connectivity index (χ1) is 13.7. The molecule has 1 fully saturated rings. The van der Waals surface area contributed by atoms with Crippen molar-refractivity contribution in [2.75, 3.05) is 6.54 Å². The zero-order chi connectivity index (χ0) is 19.1. The topological polar surface area (TPSA) is 51.0 Å². The average molecular weight is 393 g/mol. The van der Waals surface area contributed by atoms with Gasteiger partial charge in [0.25, 0.3) is 0 Å². The van der Waals surface area contributed by atoms with Crippen LogP contribution in [0.4, 0.5) is 0 Å². The predicted octanol–water partition coefficient (Wildman–Crippen LogP) is 3.97. The van der Waals surface area contributed by atoms with Crippen LogP contribution in [0.15, 0.2) is 42.0 Å². The van der Waals surface area contributed by atoms with Gasteiger partial charge in [0.2, 0.25) is 5.91 Å². The third-order valence-corrected chi connectivity index (χ3v) is 6.59. The summed E-state index contributed by atoms with van der Waals surface area (Å²) in [5.41, 5.74) is 3.59. The van der Waals surface area contributed by atoms with Gasteiger partial charge in [-0.2, -0.15) is 0 Å². The Morgan fingerprint density at radius 2 is 2.14 bits per heavy atom. The molecule has 1 unspecified atom stereocenters. The normalized spacial score (nSPS) is 18.9. The average Bonchev–Trinajstić information content (AvgIpc) is 3.24. The number of hydrogen-bond acceptors (Lipinski definition) is 4. The van der Waals surface area contributed by atoms with E-state index in [9.17, 15) is 4.79 Å². The molecule has 2 aliphatic rings. The van der Waals surface area contributed by atoms with Crippen LogP contribution in [0.5, 0.6) is 0 Å². The smallest absolute Gasteiger partial charge is 0.223 e. The monoisotopic (exact) mass is 392 g/mol. The van der Waals surface area contributed by atoms with Crippen LogP contribution >= 0.6 is 11.3 Å². The Morgan fingerprint density at radius 1 is 1.29 bits per heavy atom. The predicted molar refractivity (Wildman–Crippen MR) is 109 cm³/mol. The van der Waals surface area contributed by atoms with Crippen LogP contribution in [-0.4, -0.2) is 31.9 Å². The number of aryl methyl sites for hydroxylation is 1. The summed E-state index contributed by atoms with van der Waals surface area (Å²) < 4.78 is 2.19. The number of hydrogen-bond donors (Lipinski definition) is 0. The summed E-state index contributed by atoms with van der Waals surface area (Å²) in [5.74, 6) is 2.01. The van der Waals surface area contributed by atoms with Gasteiger partial charge in [-0.15, -0.1) is 11.3 Å². The maximum absolute atomic E-state index is 12.8. The van der Waals surface area contributed by atoms with Crippen LogP contribution in [0, 0.1) is 12.8 Å². The van der Waals surface area contributed by atoms with Crippen molar-refractivity contribution < 1.29 is 4.79 Å². The fourth-order valence-electron chi connectivity index (χ4n) is 4.14. The number of aromatic nitrogens is 3. The van der Waals surface area contributed by atoms with Crippen molar-refractivity contribution in [2.45, 2.75) is 45.2 Å². The van der Waals surface area contributed by atoms with Gasteiger partial charge in [0, 0.05) is 37.3 Å². The van der Waals surface area contributed by atoms with Crippen molar-refractivity contribution in [2.24, 2.45) is 5.92 Å². The molecular weight excluding hydrogens is 368 g/mol. The largest absolute Gasteiger partial charge is 0.337 e. The first-order valence-electron chi connectivity index (χ1n) is 9.95. The molecule has 1 aliphatic carbocycles. The molecule has 1 atom stereocenters. The molecular formula is C22H24N4OS. The number of imidazole rings is 1. The third kappa shape index (κ3) is 3.49. The molecule has 0 bridgehead atoms. The minimum atomic E-state index is 0.0998. The fourth-order valence-corrected chi connectivity index (χ4v) is 4.74. The second kappa shape index (κ2) is 7.17. The number of benzene rings is 1. The van der Waals surface area contributed by atoms with E-state index in [4.69, 9.17) is 4.98 Å². The summed E-state index contributed by atoms with van der Waals surface area (Å²) in [6.45, 7) is 4.16. The minimum absolute atomic E-state index is 0.0998. The molecule has 1 saturated carbocycles. The number of fused-ring (bicyclic) bond motifs is 1. The summed E-state index contributed by atoms with van der Waals surface area (Å²) in [5, 5.41) is 3.19. The molecule has 0 radical (unpaired) electrons. The Kier molecular flexibility index (Phi) is 4.51. The summed E-state index contributed by atoms with van der Waals surface area (Å²) in [4.78, 5) is 24.2. The first-order valence-corrected chi connectivity index (χ1v) is 10.8. The van der Waals surface area contributed by atoms with Crippen LogP contribution in [-0.2, 0) is 17.9 Å². The number of rotatable bonds is 5. The summed E-state index contributed by atoms with van der Waals surface area (Å²) >= 11 is 1.67. The molecule has 5 nitrogen and oxygen atoms in total. The minimum Gasteiger partial charge on any atom is -0.337 e. The highest BCUT2D eigenvalue weighted by atomic mass is 32.1. The zero-order valence-corrected chi connectivity index (χ0v) is 16.9. The molecule has 3 heterocycles. The second-order valence-corrected chi connectivity index (χ2v) is 9.01. The molecule has 1 aromatic carbocycles. The van der Waals surface area contributed by atoms with E-state index in [1.165, 1.54) is 24.0 Å². The highest BCUT2D eigenvalue weighted by Gasteiger charge is 2.33. The van der Waals surface area contributed by atoms with Crippen LogP contribution in [0.25, 0.3) is 0 Å². The summed E-state index contributed by atoms with van der Waals surface area (Å²) in [6.07, 6.45) is 7.00. The van der Waals surface area contributed by atoms with Crippen LogP contribution in [0.3, 0.4) is 0 Å². The van der Waals surface area contributed by atoms with Crippen molar-refractivity contribution in [3.63, 3.8) is 0 Å². The van der Waals surface area contributed by atoms with E-state index >= 15 is 0 Å². The number of carbonyl (C=O) groups excluding carboxylic acids is 1. The molecule has 3 aromatic rings. The van der Waals surface area contributed by atoms with Crippen LogP contribution in [0.2, 0.25) is 0 Å². The molecule has 0 N–H and O–H groups in total. The van der Waals surface area contributed by atoms with Crippen molar-refractivity contribution in [1.82, 2.24) is 19.4 Å². The highest BCUT2D eigenvalue weighted by Crippen LogP contribution is 2.36. The molecule has 0 spiro atoms. The lowest BCUT2D eigenvalue weighted by atomic mass is 9.88. The van der Waals surface area contributed by atoms with Crippen molar-refractivity contribution >= 4 is 17.2 Å². The van der Waals surface area contributed by atoms with E-state index in [2.05, 4.69) is 39.2 Å². The molecule has 6 heteroatoms. The second-order valence-electron chi connectivity index (χ2n) is 7.94. The van der Waals surface area contributed by atoms with Gasteiger partial charge in [0.1, 0.15) is 5.82 Å². The van der Waals surface area contributed by atoms with E-state index in [1.807, 2.05) is 24.2 Å². The standard InChI is InChI=1S/C22H24N4OS/c1-15-24-18(14-28-15)12-25-9-8-23-22(25)20-13-26(21(27)10-16-6-7-16)11-17-4-2-3-5-19(17)20/h2-5,8-9,14,16,20H,6-7,10-13H2,1H3. The van der Waals surface area contributed by atoms with Crippen molar-refractivity contribution in [1.29, 1.82) is 0 Å². The Morgan fingerprint density at radius 3 is 2.93 bits per heavy atom. The number of nitrogens with zero attached hydrogens (tertiary/aromatic N) is 4. The van der Waals surface area contributed by atoms with Crippen LogP contribution in [0.1, 0.15) is 52.8 Å². The first kappa shape index (κ1) is 17.6. The van der Waals surface area contributed by atoms with Gasteiger partial charge >= 0.3 is 0 Å². The van der Waals surface area contributed by atoms with Gasteiger partial charge in [-0.05, 0) is 36.8 Å². The Hall–Kier alpha value is -2.47. The molecule has 28 heavy (non-hydrogen) atoms. The molecule has 5 rings (SSSR count). The highest BCUT2D eigenvalue weighted by molar-refractivity contribution is 7.09. The van der Waals surface area contributed by atoms with E-state index in [1.54, 1.807) is 11.3 Å². The Balaban J connectivity index is 1.46. The quantitative estimate of drug-likeness (QED) is 0.660. The van der Waals surface area contributed by atoms with Crippen LogP contribution < -0.4 is 0 Å². The van der Waals surface area contributed by atoms with E-state index in [0.29, 0.717) is 32.0 Å². The summed E-state index contributed by atoms with van der Waals surface area (Å²) in [7, 11) is 0. The number of carbonyl (C=O) groups is 1. The van der Waals surface area contributed by atoms with E-state index in [0.717, 1.165) is 16.5 Å². The Labute approximate surface area is 169 Å². The maximum atomic E-state index is 12.8. The molecule has 144 valence electrons. The van der Waals surface area contributed by atoms with Gasteiger partial charge in [-0.3, -0.25) is 4.79 Å². The van der Waals surface area contributed by atoms with E-state index < -0.39 is 0 Å².